The third-order valence-electron chi connectivity index (χ3n) is 5.25. The number of rotatable bonds is 9. The number of amides is 2. The predicted molar refractivity (Wildman–Crippen MR) is 136 cm³/mol. The first-order valence-electron chi connectivity index (χ1n) is 11.0. The van der Waals surface area contributed by atoms with Gasteiger partial charge >= 0.3 is 0 Å². The normalized spacial score (nSPS) is 11.5. The van der Waals surface area contributed by atoms with E-state index in [1.807, 2.05) is 61.5 Å². The largest absolute Gasteiger partial charge is 0.497 e. The summed E-state index contributed by atoms with van der Waals surface area (Å²) in [5.74, 6) is 0.925. The Morgan fingerprint density at radius 2 is 1.71 bits per heavy atom. The number of hydrogen-bond donors (Lipinski definition) is 3. The second-order valence-electron chi connectivity index (χ2n) is 7.68. The molecule has 0 fully saturated rings. The van der Waals surface area contributed by atoms with E-state index >= 15 is 0 Å². The van der Waals surface area contributed by atoms with Crippen molar-refractivity contribution in [3.05, 3.63) is 90.0 Å². The molecule has 4 aromatic rings. The van der Waals surface area contributed by atoms with Gasteiger partial charge in [-0.25, -0.2) is 4.98 Å². The second kappa shape index (κ2) is 11.3. The minimum atomic E-state index is -0.262. The Hall–Kier alpha value is -4.11. The van der Waals surface area contributed by atoms with Crippen LogP contribution in [0, 0.1) is 0 Å². The minimum absolute atomic E-state index is 0.0935. The van der Waals surface area contributed by atoms with E-state index in [2.05, 4.69) is 25.8 Å². The van der Waals surface area contributed by atoms with Crippen molar-refractivity contribution in [3.63, 3.8) is 0 Å². The van der Waals surface area contributed by atoms with Crippen LogP contribution in [0.15, 0.2) is 84.0 Å². The van der Waals surface area contributed by atoms with Crippen LogP contribution < -0.4 is 15.4 Å². The van der Waals surface area contributed by atoms with E-state index in [1.165, 1.54) is 11.8 Å². The van der Waals surface area contributed by atoms with Crippen molar-refractivity contribution in [2.24, 2.45) is 0 Å². The number of ether oxygens (including phenoxy) is 1. The van der Waals surface area contributed by atoms with Crippen molar-refractivity contribution in [3.8, 4) is 17.1 Å². The molecule has 0 aliphatic rings. The Morgan fingerprint density at radius 3 is 2.46 bits per heavy atom. The molecule has 0 bridgehead atoms. The molecule has 178 valence electrons. The van der Waals surface area contributed by atoms with E-state index in [1.54, 1.807) is 31.4 Å². The predicted octanol–water partition coefficient (Wildman–Crippen LogP) is 4.70. The fourth-order valence-electron chi connectivity index (χ4n) is 3.39. The summed E-state index contributed by atoms with van der Waals surface area (Å²) in [4.78, 5) is 29.9. The van der Waals surface area contributed by atoms with Crippen LogP contribution in [0.2, 0.25) is 0 Å². The van der Waals surface area contributed by atoms with E-state index in [4.69, 9.17) is 4.74 Å². The molecular weight excluding hydrogens is 462 g/mol. The molecule has 0 saturated carbocycles. The maximum atomic E-state index is 12.9. The zero-order valence-electron chi connectivity index (χ0n) is 19.3. The molecule has 9 heteroatoms. The topological polar surface area (TPSA) is 109 Å². The van der Waals surface area contributed by atoms with Crippen molar-refractivity contribution in [2.45, 2.75) is 18.1 Å². The number of thioether (sulfide) groups is 1. The van der Waals surface area contributed by atoms with Gasteiger partial charge in [0.2, 0.25) is 11.1 Å². The van der Waals surface area contributed by atoms with Crippen LogP contribution in [0.4, 0.5) is 5.69 Å². The molecule has 2 amide bonds. The smallest absolute Gasteiger partial charge is 0.253 e. The number of anilines is 1. The minimum Gasteiger partial charge on any atom is -0.497 e. The molecule has 35 heavy (non-hydrogen) atoms. The maximum Gasteiger partial charge on any atom is 0.253 e. The van der Waals surface area contributed by atoms with Gasteiger partial charge in [-0.2, -0.15) is 0 Å². The van der Waals surface area contributed by atoms with Gasteiger partial charge in [-0.15, -0.1) is 5.10 Å². The molecule has 8 nitrogen and oxygen atoms in total. The Kier molecular flexibility index (Phi) is 7.79. The highest BCUT2D eigenvalue weighted by molar-refractivity contribution is 7.99. The number of H-pyrrole nitrogens is 1. The molecule has 3 aromatic carbocycles. The Labute approximate surface area is 207 Å². The summed E-state index contributed by atoms with van der Waals surface area (Å²) in [6.07, 6.45) is 0. The van der Waals surface area contributed by atoms with E-state index in [9.17, 15) is 9.59 Å². The number of methoxy groups -OCH3 is 1. The number of carbonyl (C=O) groups is 2. The van der Waals surface area contributed by atoms with Crippen molar-refractivity contribution in [1.29, 1.82) is 0 Å². The Balaban J connectivity index is 1.35. The first-order valence-corrected chi connectivity index (χ1v) is 12.0. The molecule has 0 saturated heterocycles. The average molecular weight is 488 g/mol. The number of benzene rings is 3. The van der Waals surface area contributed by atoms with Gasteiger partial charge in [-0.05, 0) is 48.9 Å². The Bertz CT molecular complexity index is 1290. The summed E-state index contributed by atoms with van der Waals surface area (Å²) >= 11 is 1.20. The lowest BCUT2D eigenvalue weighted by molar-refractivity contribution is -0.113. The number of nitrogens with zero attached hydrogens (tertiary/aromatic N) is 2. The van der Waals surface area contributed by atoms with Crippen LogP contribution >= 0.6 is 11.8 Å². The highest BCUT2D eigenvalue weighted by Crippen LogP contribution is 2.23. The monoisotopic (exact) mass is 487 g/mol. The lowest BCUT2D eigenvalue weighted by Gasteiger charge is -2.16. The van der Waals surface area contributed by atoms with E-state index in [0.29, 0.717) is 22.2 Å². The van der Waals surface area contributed by atoms with Crippen LogP contribution in [-0.2, 0) is 4.79 Å². The zero-order chi connectivity index (χ0) is 24.6. The molecule has 0 unspecified atom stereocenters. The molecule has 1 heterocycles. The number of carbonyl (C=O) groups excluding carboxylic acids is 2. The summed E-state index contributed by atoms with van der Waals surface area (Å²) in [5, 5.41) is 13.3. The average Bonchev–Trinajstić information content (AvgIpc) is 3.37. The van der Waals surface area contributed by atoms with Crippen LogP contribution in [0.25, 0.3) is 11.4 Å². The SMILES string of the molecule is COc1ccc(-c2nc(SCC(=O)Nc3ccccc3C(=O)N[C@@H](C)c3ccccc3)n[nH]2)cc1. The highest BCUT2D eigenvalue weighted by Gasteiger charge is 2.16. The number of aromatic nitrogens is 3. The van der Waals surface area contributed by atoms with E-state index in [0.717, 1.165) is 16.9 Å². The highest BCUT2D eigenvalue weighted by atomic mass is 32.2. The summed E-state index contributed by atoms with van der Waals surface area (Å²) in [6.45, 7) is 1.92. The van der Waals surface area contributed by atoms with Gasteiger partial charge in [0, 0.05) is 5.56 Å². The number of aromatic amines is 1. The number of hydrogen-bond acceptors (Lipinski definition) is 6. The van der Waals surface area contributed by atoms with Gasteiger partial charge in [0.15, 0.2) is 5.82 Å². The van der Waals surface area contributed by atoms with Crippen molar-refractivity contribution in [2.75, 3.05) is 18.2 Å². The third kappa shape index (κ3) is 6.27. The molecule has 1 aromatic heterocycles. The molecule has 1 atom stereocenters. The molecule has 0 spiro atoms. The van der Waals surface area contributed by atoms with Crippen molar-refractivity contribution in [1.82, 2.24) is 20.5 Å². The first-order chi connectivity index (χ1) is 17.0. The molecule has 0 aliphatic heterocycles. The summed E-state index contributed by atoms with van der Waals surface area (Å²) in [7, 11) is 1.61. The van der Waals surface area contributed by atoms with E-state index < -0.39 is 0 Å². The molecule has 3 N–H and O–H groups in total. The van der Waals surface area contributed by atoms with Crippen LogP contribution in [-0.4, -0.2) is 39.9 Å². The Morgan fingerprint density at radius 1 is 1.00 bits per heavy atom. The van der Waals surface area contributed by atoms with Gasteiger partial charge in [0.25, 0.3) is 5.91 Å². The van der Waals surface area contributed by atoms with Gasteiger partial charge in [-0.3, -0.25) is 14.7 Å². The van der Waals surface area contributed by atoms with Gasteiger partial charge in [0.1, 0.15) is 5.75 Å². The van der Waals surface area contributed by atoms with Crippen molar-refractivity contribution < 1.29 is 14.3 Å². The quantitative estimate of drug-likeness (QED) is 0.295. The van der Waals surface area contributed by atoms with E-state index in [-0.39, 0.29) is 23.6 Å². The lowest BCUT2D eigenvalue weighted by atomic mass is 10.1. The van der Waals surface area contributed by atoms with Crippen LogP contribution in [0.3, 0.4) is 0 Å². The number of para-hydroxylation sites is 1. The zero-order valence-corrected chi connectivity index (χ0v) is 20.1. The van der Waals surface area contributed by atoms with Gasteiger partial charge in [-0.1, -0.05) is 54.2 Å². The molecular formula is C26H25N5O3S. The number of nitrogens with one attached hydrogen (secondary N) is 3. The standard InChI is InChI=1S/C26H25N5O3S/c1-17(18-8-4-3-5-9-18)27-25(33)21-10-6-7-11-22(21)28-23(32)16-35-26-29-24(30-31-26)19-12-14-20(34-2)15-13-19/h3-15,17H,16H2,1-2H3,(H,27,33)(H,28,32)(H,29,30,31)/t17-/m0/s1. The van der Waals surface area contributed by atoms with Gasteiger partial charge < -0.3 is 15.4 Å². The summed E-state index contributed by atoms with van der Waals surface area (Å²) < 4.78 is 5.17. The van der Waals surface area contributed by atoms with Gasteiger partial charge in [0.05, 0.1) is 30.2 Å². The van der Waals surface area contributed by atoms with Crippen molar-refractivity contribution >= 4 is 29.3 Å². The summed E-state index contributed by atoms with van der Waals surface area (Å²) in [6, 6.07) is 23.9. The second-order valence-corrected chi connectivity index (χ2v) is 8.63. The van der Waals surface area contributed by atoms with Crippen LogP contribution in [0.1, 0.15) is 28.9 Å². The molecule has 0 radical (unpaired) electrons. The lowest BCUT2D eigenvalue weighted by Crippen LogP contribution is -2.28. The maximum absolute atomic E-state index is 12.9. The first kappa shape index (κ1) is 24.0. The summed E-state index contributed by atoms with van der Waals surface area (Å²) in [5.41, 5.74) is 2.71. The fraction of sp³-hybridized carbons (Fsp3) is 0.154. The van der Waals surface area contributed by atoms with Crippen LogP contribution in [0.5, 0.6) is 5.75 Å². The molecule has 4 rings (SSSR count). The third-order valence-corrected chi connectivity index (χ3v) is 6.10. The fourth-order valence-corrected chi connectivity index (χ4v) is 3.99. The molecule has 0 aliphatic carbocycles.